The molecule has 0 aromatic carbocycles. The van der Waals surface area contributed by atoms with Gasteiger partial charge in [0, 0.05) is 11.8 Å². The Bertz CT molecular complexity index is 509. The zero-order valence-corrected chi connectivity index (χ0v) is 10.4. The van der Waals surface area contributed by atoms with E-state index in [1.807, 2.05) is 11.6 Å². The fourth-order valence-corrected chi connectivity index (χ4v) is 1.78. The average molecular weight is 231 g/mol. The summed E-state index contributed by atoms with van der Waals surface area (Å²) in [6, 6.07) is 3.85. The predicted molar refractivity (Wildman–Crippen MR) is 67.1 cm³/mol. The minimum atomic E-state index is 0.475. The van der Waals surface area contributed by atoms with E-state index in [0.29, 0.717) is 11.6 Å². The molecule has 90 valence electrons. The van der Waals surface area contributed by atoms with Crippen LogP contribution in [0.15, 0.2) is 12.1 Å². The molecule has 0 saturated heterocycles. The van der Waals surface area contributed by atoms with E-state index in [0.717, 1.165) is 30.0 Å². The van der Waals surface area contributed by atoms with Crippen LogP contribution in [0.5, 0.6) is 0 Å². The monoisotopic (exact) mass is 231 g/mol. The topological polar surface area (TPSA) is 69.6 Å². The maximum atomic E-state index is 5.74. The highest BCUT2D eigenvalue weighted by atomic mass is 15.3. The van der Waals surface area contributed by atoms with E-state index in [1.165, 1.54) is 0 Å². The van der Waals surface area contributed by atoms with E-state index in [4.69, 9.17) is 5.73 Å². The molecule has 2 aromatic heterocycles. The number of nitrogens with zero attached hydrogens (tertiary/aromatic N) is 4. The first-order chi connectivity index (χ1) is 8.13. The van der Waals surface area contributed by atoms with Gasteiger partial charge in [-0.1, -0.05) is 13.8 Å². The Morgan fingerprint density at radius 1 is 1.18 bits per heavy atom. The van der Waals surface area contributed by atoms with Crippen LogP contribution in [0.25, 0.3) is 5.82 Å². The Morgan fingerprint density at radius 2 is 1.94 bits per heavy atom. The lowest BCUT2D eigenvalue weighted by Crippen LogP contribution is -2.07. The van der Waals surface area contributed by atoms with Gasteiger partial charge in [0.15, 0.2) is 5.82 Å². The average Bonchev–Trinajstić information content (AvgIpc) is 2.70. The van der Waals surface area contributed by atoms with Gasteiger partial charge in [0.05, 0.1) is 5.69 Å². The molecule has 0 unspecified atom stereocenters. The lowest BCUT2D eigenvalue weighted by Gasteiger charge is -2.06. The Morgan fingerprint density at radius 3 is 2.53 bits per heavy atom. The van der Waals surface area contributed by atoms with Gasteiger partial charge in [-0.3, -0.25) is 0 Å². The third-order valence-corrected chi connectivity index (χ3v) is 2.62. The van der Waals surface area contributed by atoms with Crippen molar-refractivity contribution in [1.82, 2.24) is 19.7 Å². The molecular formula is C12H17N5. The molecular weight excluding hydrogens is 214 g/mol. The van der Waals surface area contributed by atoms with Crippen molar-refractivity contribution in [3.05, 3.63) is 29.3 Å². The quantitative estimate of drug-likeness (QED) is 0.872. The summed E-state index contributed by atoms with van der Waals surface area (Å²) in [5, 5.41) is 4.52. The van der Waals surface area contributed by atoms with Crippen LogP contribution in [0, 0.1) is 6.92 Å². The van der Waals surface area contributed by atoms with E-state index in [1.54, 1.807) is 6.07 Å². The largest absolute Gasteiger partial charge is 0.384 e. The number of rotatable bonds is 3. The van der Waals surface area contributed by atoms with Gasteiger partial charge in [0.25, 0.3) is 0 Å². The molecule has 2 aromatic rings. The van der Waals surface area contributed by atoms with Gasteiger partial charge in [-0.2, -0.15) is 5.10 Å². The van der Waals surface area contributed by atoms with Gasteiger partial charge >= 0.3 is 0 Å². The Labute approximate surface area is 101 Å². The van der Waals surface area contributed by atoms with Crippen molar-refractivity contribution < 1.29 is 0 Å². The van der Waals surface area contributed by atoms with E-state index < -0.39 is 0 Å². The molecule has 0 saturated carbocycles. The van der Waals surface area contributed by atoms with Crippen LogP contribution < -0.4 is 5.73 Å². The molecule has 2 N–H and O–H groups in total. The first-order valence-corrected chi connectivity index (χ1v) is 5.83. The third-order valence-electron chi connectivity index (χ3n) is 2.62. The van der Waals surface area contributed by atoms with Crippen LogP contribution in [-0.4, -0.2) is 19.7 Å². The Balaban J connectivity index is 2.54. The molecule has 0 aliphatic carbocycles. The van der Waals surface area contributed by atoms with Crippen molar-refractivity contribution in [2.45, 2.75) is 33.6 Å². The summed E-state index contributed by atoms with van der Waals surface area (Å²) in [6.45, 7) is 6.02. The molecule has 0 radical (unpaired) electrons. The zero-order chi connectivity index (χ0) is 12.4. The third kappa shape index (κ3) is 2.27. The second-order valence-corrected chi connectivity index (χ2v) is 3.94. The molecule has 17 heavy (non-hydrogen) atoms. The molecule has 5 nitrogen and oxygen atoms in total. The summed E-state index contributed by atoms with van der Waals surface area (Å²) in [5.74, 6) is 1.88. The SMILES string of the molecule is CCc1cc(CC)n(-c2cc(N)nc(C)n2)n1. The van der Waals surface area contributed by atoms with Crippen molar-refractivity contribution in [1.29, 1.82) is 0 Å². The molecule has 0 aliphatic heterocycles. The lowest BCUT2D eigenvalue weighted by molar-refractivity contribution is 0.764. The standard InChI is InChI=1S/C12H17N5/c1-4-9-6-10(5-2)17(16-9)12-7-11(13)14-8(3)15-12/h6-7H,4-5H2,1-3H3,(H2,13,14,15). The summed E-state index contributed by atoms with van der Waals surface area (Å²) in [4.78, 5) is 8.44. The van der Waals surface area contributed by atoms with Gasteiger partial charge < -0.3 is 5.73 Å². The van der Waals surface area contributed by atoms with Crippen LogP contribution in [0.1, 0.15) is 31.1 Å². The van der Waals surface area contributed by atoms with E-state index in [2.05, 4.69) is 35.0 Å². The van der Waals surface area contributed by atoms with Crippen molar-refractivity contribution in [3.63, 3.8) is 0 Å². The first-order valence-electron chi connectivity index (χ1n) is 5.83. The summed E-state index contributed by atoms with van der Waals surface area (Å²) in [6.07, 6.45) is 1.83. The smallest absolute Gasteiger partial charge is 0.159 e. The zero-order valence-electron chi connectivity index (χ0n) is 10.4. The summed E-state index contributed by atoms with van der Waals surface area (Å²) >= 11 is 0. The van der Waals surface area contributed by atoms with Gasteiger partial charge in [-0.05, 0) is 25.8 Å². The minimum absolute atomic E-state index is 0.475. The fourth-order valence-electron chi connectivity index (χ4n) is 1.78. The van der Waals surface area contributed by atoms with Crippen molar-refractivity contribution >= 4 is 5.82 Å². The highest BCUT2D eigenvalue weighted by Gasteiger charge is 2.09. The minimum Gasteiger partial charge on any atom is -0.384 e. The number of hydrogen-bond donors (Lipinski definition) is 1. The van der Waals surface area contributed by atoms with Crippen LogP contribution in [0.2, 0.25) is 0 Å². The maximum Gasteiger partial charge on any atom is 0.159 e. The second-order valence-electron chi connectivity index (χ2n) is 3.94. The van der Waals surface area contributed by atoms with Gasteiger partial charge in [-0.25, -0.2) is 14.6 Å². The molecule has 0 amide bonds. The molecule has 2 rings (SSSR count). The normalized spacial score (nSPS) is 10.8. The molecule has 2 heterocycles. The fraction of sp³-hybridized carbons (Fsp3) is 0.417. The number of nitrogen functional groups attached to an aromatic ring is 1. The van der Waals surface area contributed by atoms with Crippen LogP contribution >= 0.6 is 0 Å². The lowest BCUT2D eigenvalue weighted by atomic mass is 10.2. The van der Waals surface area contributed by atoms with Gasteiger partial charge in [0.1, 0.15) is 11.6 Å². The van der Waals surface area contributed by atoms with Crippen LogP contribution in [0.4, 0.5) is 5.82 Å². The maximum absolute atomic E-state index is 5.74. The number of aryl methyl sites for hydroxylation is 3. The predicted octanol–water partition coefficient (Wildman–Crippen LogP) is 1.68. The van der Waals surface area contributed by atoms with Crippen molar-refractivity contribution in [2.75, 3.05) is 5.73 Å². The molecule has 0 spiro atoms. The summed E-state index contributed by atoms with van der Waals surface area (Å²) < 4.78 is 1.85. The number of hydrogen-bond acceptors (Lipinski definition) is 4. The molecule has 5 heteroatoms. The second kappa shape index (κ2) is 4.53. The van der Waals surface area contributed by atoms with E-state index in [-0.39, 0.29) is 0 Å². The van der Waals surface area contributed by atoms with E-state index >= 15 is 0 Å². The molecule has 0 bridgehead atoms. The molecule has 0 fully saturated rings. The van der Waals surface area contributed by atoms with Crippen molar-refractivity contribution in [3.8, 4) is 5.82 Å². The van der Waals surface area contributed by atoms with Crippen LogP contribution in [0.3, 0.4) is 0 Å². The number of anilines is 1. The Kier molecular flexibility index (Phi) is 3.08. The number of aromatic nitrogens is 4. The van der Waals surface area contributed by atoms with Crippen molar-refractivity contribution in [2.24, 2.45) is 0 Å². The highest BCUT2D eigenvalue weighted by molar-refractivity contribution is 5.38. The van der Waals surface area contributed by atoms with E-state index in [9.17, 15) is 0 Å². The highest BCUT2D eigenvalue weighted by Crippen LogP contribution is 2.14. The van der Waals surface area contributed by atoms with Crippen LogP contribution in [-0.2, 0) is 12.8 Å². The molecule has 0 atom stereocenters. The van der Waals surface area contributed by atoms with Gasteiger partial charge in [0.2, 0.25) is 0 Å². The first kappa shape index (κ1) is 11.6. The summed E-state index contributed by atoms with van der Waals surface area (Å²) in [5.41, 5.74) is 7.94. The van der Waals surface area contributed by atoms with Gasteiger partial charge in [-0.15, -0.1) is 0 Å². The number of nitrogens with two attached hydrogens (primary N) is 1. The Hall–Kier alpha value is -1.91. The summed E-state index contributed by atoms with van der Waals surface area (Å²) in [7, 11) is 0. The molecule has 0 aliphatic rings.